The third-order valence-electron chi connectivity index (χ3n) is 3.81. The molecule has 2 aliphatic rings. The fourth-order valence-corrected chi connectivity index (χ4v) is 2.78. The van der Waals surface area contributed by atoms with Gasteiger partial charge in [0.2, 0.25) is 5.91 Å². The first-order chi connectivity index (χ1) is 7.20. The monoisotopic (exact) mass is 210 g/mol. The lowest BCUT2D eigenvalue weighted by molar-refractivity contribution is -0.125. The molecule has 2 saturated carbocycles. The highest BCUT2D eigenvalue weighted by atomic mass is 16.1. The molecule has 3 N–H and O–H groups in total. The summed E-state index contributed by atoms with van der Waals surface area (Å²) in [6, 6.07) is 0.134. The van der Waals surface area contributed by atoms with Crippen molar-refractivity contribution in [2.45, 2.75) is 45.1 Å². The van der Waals surface area contributed by atoms with Crippen LogP contribution in [0.5, 0.6) is 0 Å². The Morgan fingerprint density at radius 3 is 2.67 bits per heavy atom. The third kappa shape index (κ3) is 2.71. The average molecular weight is 210 g/mol. The number of carbonyl (C=O) groups excluding carboxylic acids is 1. The number of fused-ring (bicyclic) bond motifs is 1. The average Bonchev–Trinajstić information content (AvgIpc) is 2.83. The standard InChI is InChI=1S/C12H22N2O/c1-2-3-11(13)7-14-12(15)10-5-8-4-9(8)6-10/h8-11H,2-7,13H2,1H3,(H,14,15). The van der Waals surface area contributed by atoms with Gasteiger partial charge >= 0.3 is 0 Å². The van der Waals surface area contributed by atoms with Gasteiger partial charge in [0.15, 0.2) is 0 Å². The number of nitrogens with one attached hydrogen (secondary N) is 1. The lowest BCUT2D eigenvalue weighted by Gasteiger charge is -2.15. The van der Waals surface area contributed by atoms with Crippen LogP contribution in [0.1, 0.15) is 39.0 Å². The molecule has 3 nitrogen and oxygen atoms in total. The first kappa shape index (κ1) is 10.9. The topological polar surface area (TPSA) is 55.1 Å². The maximum Gasteiger partial charge on any atom is 0.223 e. The summed E-state index contributed by atoms with van der Waals surface area (Å²) in [7, 11) is 0. The molecule has 0 aliphatic heterocycles. The van der Waals surface area contributed by atoms with E-state index in [1.54, 1.807) is 0 Å². The van der Waals surface area contributed by atoms with Crippen LogP contribution >= 0.6 is 0 Å². The Morgan fingerprint density at radius 2 is 2.07 bits per heavy atom. The summed E-state index contributed by atoms with van der Waals surface area (Å²) < 4.78 is 0. The van der Waals surface area contributed by atoms with Crippen molar-refractivity contribution in [3.63, 3.8) is 0 Å². The molecule has 0 aromatic rings. The molecule has 3 unspecified atom stereocenters. The Balaban J connectivity index is 1.64. The summed E-state index contributed by atoms with van der Waals surface area (Å²) in [6.07, 6.45) is 5.71. The van der Waals surface area contributed by atoms with Crippen molar-refractivity contribution in [3.8, 4) is 0 Å². The van der Waals surface area contributed by atoms with Crippen molar-refractivity contribution >= 4 is 5.91 Å². The summed E-state index contributed by atoms with van der Waals surface area (Å²) in [6.45, 7) is 2.77. The van der Waals surface area contributed by atoms with Gasteiger partial charge in [0.1, 0.15) is 0 Å². The Morgan fingerprint density at radius 1 is 1.40 bits per heavy atom. The van der Waals surface area contributed by atoms with Gasteiger partial charge in [-0.1, -0.05) is 13.3 Å². The molecule has 0 saturated heterocycles. The molecule has 2 rings (SSSR count). The zero-order chi connectivity index (χ0) is 10.8. The van der Waals surface area contributed by atoms with Crippen LogP contribution in [0, 0.1) is 17.8 Å². The first-order valence-corrected chi connectivity index (χ1v) is 6.24. The summed E-state index contributed by atoms with van der Waals surface area (Å²) in [5, 5.41) is 2.99. The van der Waals surface area contributed by atoms with Crippen LogP contribution in [0.25, 0.3) is 0 Å². The first-order valence-electron chi connectivity index (χ1n) is 6.24. The Labute approximate surface area is 91.8 Å². The fourth-order valence-electron chi connectivity index (χ4n) is 2.78. The number of hydrogen-bond acceptors (Lipinski definition) is 2. The van der Waals surface area contributed by atoms with Gasteiger partial charge in [-0.15, -0.1) is 0 Å². The molecule has 86 valence electrons. The van der Waals surface area contributed by atoms with Gasteiger partial charge in [0.25, 0.3) is 0 Å². The molecule has 0 bridgehead atoms. The SMILES string of the molecule is CCCC(N)CNC(=O)C1CC2CC2C1. The normalized spacial score (nSPS) is 34.7. The van der Waals surface area contributed by atoms with E-state index in [1.807, 2.05) is 0 Å². The molecule has 0 heterocycles. The number of carbonyl (C=O) groups is 1. The number of hydrogen-bond donors (Lipinski definition) is 2. The molecule has 15 heavy (non-hydrogen) atoms. The maximum atomic E-state index is 11.8. The van der Waals surface area contributed by atoms with E-state index >= 15 is 0 Å². The molecule has 3 heteroatoms. The van der Waals surface area contributed by atoms with E-state index in [1.165, 1.54) is 6.42 Å². The van der Waals surface area contributed by atoms with Gasteiger partial charge in [-0.2, -0.15) is 0 Å². The van der Waals surface area contributed by atoms with Gasteiger partial charge in [-0.05, 0) is 37.5 Å². The number of rotatable bonds is 5. The van der Waals surface area contributed by atoms with E-state index in [4.69, 9.17) is 5.73 Å². The maximum absolute atomic E-state index is 11.8. The van der Waals surface area contributed by atoms with Crippen LogP contribution in [-0.2, 0) is 4.79 Å². The second-order valence-corrected chi connectivity index (χ2v) is 5.22. The molecule has 0 radical (unpaired) electrons. The van der Waals surface area contributed by atoms with Crippen LogP contribution < -0.4 is 11.1 Å². The van der Waals surface area contributed by atoms with Gasteiger partial charge in [0, 0.05) is 18.5 Å². The molecule has 2 aliphatic carbocycles. The summed E-state index contributed by atoms with van der Waals surface area (Å²) in [5.74, 6) is 2.30. The van der Waals surface area contributed by atoms with E-state index in [2.05, 4.69) is 12.2 Å². The van der Waals surface area contributed by atoms with Gasteiger partial charge in [-0.25, -0.2) is 0 Å². The predicted molar refractivity (Wildman–Crippen MR) is 60.2 cm³/mol. The minimum atomic E-state index is 0.134. The summed E-state index contributed by atoms with van der Waals surface area (Å²) in [4.78, 5) is 11.8. The Bertz CT molecular complexity index is 232. The van der Waals surface area contributed by atoms with Gasteiger partial charge in [0.05, 0.1) is 0 Å². The van der Waals surface area contributed by atoms with Crippen LogP contribution in [0.4, 0.5) is 0 Å². The molecule has 0 aromatic carbocycles. The van der Waals surface area contributed by atoms with Gasteiger partial charge < -0.3 is 11.1 Å². The lowest BCUT2D eigenvalue weighted by Crippen LogP contribution is -2.39. The minimum Gasteiger partial charge on any atom is -0.354 e. The fraction of sp³-hybridized carbons (Fsp3) is 0.917. The van der Waals surface area contributed by atoms with Crippen molar-refractivity contribution in [2.24, 2.45) is 23.5 Å². The van der Waals surface area contributed by atoms with E-state index < -0.39 is 0 Å². The summed E-state index contributed by atoms with van der Waals surface area (Å²) >= 11 is 0. The van der Waals surface area contributed by atoms with Crippen molar-refractivity contribution in [2.75, 3.05) is 6.54 Å². The number of amides is 1. The molecular weight excluding hydrogens is 188 g/mol. The highest BCUT2D eigenvalue weighted by Crippen LogP contribution is 2.54. The zero-order valence-corrected chi connectivity index (χ0v) is 9.54. The van der Waals surface area contributed by atoms with Crippen molar-refractivity contribution in [1.82, 2.24) is 5.32 Å². The van der Waals surface area contributed by atoms with E-state index in [0.29, 0.717) is 12.5 Å². The highest BCUT2D eigenvalue weighted by Gasteiger charge is 2.47. The minimum absolute atomic E-state index is 0.134. The molecule has 3 atom stereocenters. The lowest BCUT2D eigenvalue weighted by atomic mass is 10.0. The van der Waals surface area contributed by atoms with Crippen LogP contribution in [0.15, 0.2) is 0 Å². The smallest absolute Gasteiger partial charge is 0.223 e. The summed E-state index contributed by atoms with van der Waals surface area (Å²) in [5.41, 5.74) is 5.85. The van der Waals surface area contributed by atoms with Crippen LogP contribution in [-0.4, -0.2) is 18.5 Å². The Kier molecular flexibility index (Phi) is 3.29. The second-order valence-electron chi connectivity index (χ2n) is 5.22. The van der Waals surface area contributed by atoms with E-state index in [-0.39, 0.29) is 11.9 Å². The third-order valence-corrected chi connectivity index (χ3v) is 3.81. The second kappa shape index (κ2) is 4.52. The largest absolute Gasteiger partial charge is 0.354 e. The van der Waals surface area contributed by atoms with Crippen LogP contribution in [0.2, 0.25) is 0 Å². The van der Waals surface area contributed by atoms with Crippen molar-refractivity contribution < 1.29 is 4.79 Å². The quantitative estimate of drug-likeness (QED) is 0.718. The van der Waals surface area contributed by atoms with Crippen LogP contribution in [0.3, 0.4) is 0 Å². The molecule has 0 aromatic heterocycles. The number of nitrogens with two attached hydrogens (primary N) is 1. The Hall–Kier alpha value is -0.570. The van der Waals surface area contributed by atoms with Crippen molar-refractivity contribution in [1.29, 1.82) is 0 Å². The molecule has 1 amide bonds. The molecule has 0 spiro atoms. The predicted octanol–water partition coefficient (Wildman–Crippen LogP) is 1.28. The zero-order valence-electron chi connectivity index (χ0n) is 9.54. The van der Waals surface area contributed by atoms with Crippen molar-refractivity contribution in [3.05, 3.63) is 0 Å². The molecule has 2 fully saturated rings. The highest BCUT2D eigenvalue weighted by molar-refractivity contribution is 5.79. The molecular formula is C12H22N2O. The van der Waals surface area contributed by atoms with E-state index in [0.717, 1.165) is 37.5 Å². The van der Waals surface area contributed by atoms with E-state index in [9.17, 15) is 4.79 Å². The van der Waals surface area contributed by atoms with Gasteiger partial charge in [-0.3, -0.25) is 4.79 Å².